The molecule has 4 nitrogen and oxygen atoms in total. The van der Waals surface area contributed by atoms with Crippen LogP contribution in [0, 0.1) is 5.53 Å². The molecule has 0 spiro atoms. The average Bonchev–Trinajstić information content (AvgIpc) is 2.16. The summed E-state index contributed by atoms with van der Waals surface area (Å²) in [5.41, 5.74) is 8.48. The molecule has 0 aromatic heterocycles. The molecule has 0 heterocycles. The monoisotopic (exact) mass is 163 g/mol. The molecule has 0 amide bonds. The van der Waals surface area contributed by atoms with Gasteiger partial charge in [-0.3, -0.25) is 0 Å². The summed E-state index contributed by atoms with van der Waals surface area (Å²) in [6, 6.07) is 7.03. The minimum Gasteiger partial charge on any atom is -0.411 e. The van der Waals surface area contributed by atoms with E-state index in [2.05, 4.69) is 10.3 Å². The lowest BCUT2D eigenvalue weighted by Gasteiger charge is -2.00. The van der Waals surface area contributed by atoms with E-state index in [1.807, 2.05) is 0 Å². The number of rotatable bonds is 2. The first-order valence-electron chi connectivity index (χ1n) is 3.45. The summed E-state index contributed by atoms with van der Waals surface area (Å²) < 4.78 is 0. The Bertz CT molecular complexity index is 320. The highest BCUT2D eigenvalue weighted by molar-refractivity contribution is 6.02. The highest BCUT2D eigenvalue weighted by Gasteiger charge is 2.02. The van der Waals surface area contributed by atoms with E-state index < -0.39 is 0 Å². The Hall–Kier alpha value is -1.71. The molecule has 1 aromatic rings. The van der Waals surface area contributed by atoms with Crippen LogP contribution in [0.3, 0.4) is 0 Å². The van der Waals surface area contributed by atoms with E-state index in [0.717, 1.165) is 0 Å². The summed E-state index contributed by atoms with van der Waals surface area (Å²) in [6.07, 6.45) is 0. The Balaban J connectivity index is 3.22. The van der Waals surface area contributed by atoms with Gasteiger partial charge in [0, 0.05) is 5.56 Å². The Morgan fingerprint density at radius 1 is 1.42 bits per heavy atom. The smallest absolute Gasteiger partial charge is 0.0941 e. The third-order valence-corrected chi connectivity index (χ3v) is 1.56. The molecule has 4 heteroatoms. The average molecular weight is 163 g/mol. The lowest BCUT2D eigenvalue weighted by molar-refractivity contribution is 0.319. The SMILES string of the molecule is C/C(=N/O)c1ccccc1N=N. The van der Waals surface area contributed by atoms with Gasteiger partial charge < -0.3 is 5.21 Å². The molecule has 62 valence electrons. The van der Waals surface area contributed by atoms with Crippen molar-refractivity contribution in [3.63, 3.8) is 0 Å². The van der Waals surface area contributed by atoms with Crippen molar-refractivity contribution in [3.8, 4) is 0 Å². The first-order valence-corrected chi connectivity index (χ1v) is 3.45. The van der Waals surface area contributed by atoms with Crippen molar-refractivity contribution in [1.82, 2.24) is 0 Å². The summed E-state index contributed by atoms with van der Waals surface area (Å²) in [5, 5.41) is 14.8. The lowest BCUT2D eigenvalue weighted by Crippen LogP contribution is -1.93. The van der Waals surface area contributed by atoms with E-state index in [4.69, 9.17) is 10.7 Å². The lowest BCUT2D eigenvalue weighted by atomic mass is 10.1. The second kappa shape index (κ2) is 3.61. The predicted molar refractivity (Wildman–Crippen MR) is 45.2 cm³/mol. The normalized spacial score (nSPS) is 11.2. The van der Waals surface area contributed by atoms with Crippen molar-refractivity contribution in [2.24, 2.45) is 10.3 Å². The third-order valence-electron chi connectivity index (χ3n) is 1.56. The van der Waals surface area contributed by atoms with E-state index in [0.29, 0.717) is 17.0 Å². The number of oxime groups is 1. The molecule has 1 rings (SSSR count). The zero-order valence-corrected chi connectivity index (χ0v) is 6.65. The second-order valence-corrected chi connectivity index (χ2v) is 2.31. The fourth-order valence-electron chi connectivity index (χ4n) is 0.931. The van der Waals surface area contributed by atoms with Crippen LogP contribution in [-0.2, 0) is 0 Å². The summed E-state index contributed by atoms with van der Waals surface area (Å²) in [4.78, 5) is 0. The van der Waals surface area contributed by atoms with Gasteiger partial charge in [0.15, 0.2) is 0 Å². The van der Waals surface area contributed by atoms with Crippen molar-refractivity contribution < 1.29 is 5.21 Å². The number of benzene rings is 1. The van der Waals surface area contributed by atoms with Gasteiger partial charge in [-0.25, -0.2) is 5.53 Å². The Morgan fingerprint density at radius 3 is 2.67 bits per heavy atom. The van der Waals surface area contributed by atoms with E-state index in [-0.39, 0.29) is 0 Å². The van der Waals surface area contributed by atoms with Crippen molar-refractivity contribution >= 4 is 11.4 Å². The molecule has 0 aliphatic heterocycles. The van der Waals surface area contributed by atoms with E-state index >= 15 is 0 Å². The molecule has 0 unspecified atom stereocenters. The van der Waals surface area contributed by atoms with Gasteiger partial charge in [0.05, 0.1) is 11.4 Å². The van der Waals surface area contributed by atoms with Crippen LogP contribution in [-0.4, -0.2) is 10.9 Å². The fourth-order valence-corrected chi connectivity index (χ4v) is 0.931. The van der Waals surface area contributed by atoms with Gasteiger partial charge in [-0.1, -0.05) is 23.4 Å². The van der Waals surface area contributed by atoms with Gasteiger partial charge >= 0.3 is 0 Å². The number of nitrogens with one attached hydrogen (secondary N) is 1. The summed E-state index contributed by atoms with van der Waals surface area (Å²) in [5.74, 6) is 0. The molecule has 0 aliphatic carbocycles. The zero-order chi connectivity index (χ0) is 8.97. The number of nitrogens with zero attached hydrogens (tertiary/aromatic N) is 2. The zero-order valence-electron chi connectivity index (χ0n) is 6.65. The van der Waals surface area contributed by atoms with E-state index in [1.165, 1.54) is 0 Å². The predicted octanol–water partition coefficient (Wildman–Crippen LogP) is 2.55. The van der Waals surface area contributed by atoms with Gasteiger partial charge in [0.2, 0.25) is 0 Å². The maximum Gasteiger partial charge on any atom is 0.0941 e. The van der Waals surface area contributed by atoms with Crippen LogP contribution in [0.5, 0.6) is 0 Å². The maximum atomic E-state index is 8.49. The molecule has 0 aliphatic rings. The minimum atomic E-state index is 0.460. The quantitative estimate of drug-likeness (QED) is 0.299. The summed E-state index contributed by atoms with van der Waals surface area (Å²) in [6.45, 7) is 1.66. The second-order valence-electron chi connectivity index (χ2n) is 2.31. The van der Waals surface area contributed by atoms with Crippen molar-refractivity contribution in [2.45, 2.75) is 6.92 Å². The van der Waals surface area contributed by atoms with Gasteiger partial charge in [-0.15, -0.1) is 0 Å². The molecular formula is C8H9N3O. The number of hydrogen-bond donors (Lipinski definition) is 2. The van der Waals surface area contributed by atoms with Crippen LogP contribution in [0.1, 0.15) is 12.5 Å². The Labute approximate surface area is 70.0 Å². The Kier molecular flexibility index (Phi) is 2.53. The van der Waals surface area contributed by atoms with E-state index in [9.17, 15) is 0 Å². The van der Waals surface area contributed by atoms with Crippen LogP contribution in [0.15, 0.2) is 34.5 Å². The molecular weight excluding hydrogens is 154 g/mol. The van der Waals surface area contributed by atoms with E-state index in [1.54, 1.807) is 31.2 Å². The van der Waals surface area contributed by atoms with Crippen LogP contribution >= 0.6 is 0 Å². The molecule has 12 heavy (non-hydrogen) atoms. The highest BCUT2D eigenvalue weighted by Crippen LogP contribution is 2.18. The standard InChI is InChI=1S/C8H9N3O/c1-6(11-12)7-4-2-3-5-8(7)10-9/h2-5,9,12H,1H3/b10-9?,11-6-. The molecule has 0 saturated carbocycles. The molecule has 2 N–H and O–H groups in total. The van der Waals surface area contributed by atoms with Crippen LogP contribution in [0.4, 0.5) is 5.69 Å². The van der Waals surface area contributed by atoms with Crippen LogP contribution in [0.2, 0.25) is 0 Å². The first-order chi connectivity index (χ1) is 5.79. The molecule has 1 aromatic carbocycles. The van der Waals surface area contributed by atoms with Crippen LogP contribution < -0.4 is 0 Å². The first kappa shape index (κ1) is 8.39. The van der Waals surface area contributed by atoms with Crippen molar-refractivity contribution in [3.05, 3.63) is 29.8 Å². The van der Waals surface area contributed by atoms with Crippen LogP contribution in [0.25, 0.3) is 0 Å². The maximum absolute atomic E-state index is 8.49. The summed E-state index contributed by atoms with van der Waals surface area (Å²) >= 11 is 0. The fraction of sp³-hybridized carbons (Fsp3) is 0.125. The minimum absolute atomic E-state index is 0.460. The Morgan fingerprint density at radius 2 is 2.08 bits per heavy atom. The number of hydrogen-bond acceptors (Lipinski definition) is 4. The van der Waals surface area contributed by atoms with Gasteiger partial charge in [0.1, 0.15) is 0 Å². The molecule has 0 saturated heterocycles. The molecule has 0 atom stereocenters. The number of para-hydroxylation sites is 1. The van der Waals surface area contributed by atoms with Gasteiger partial charge in [-0.05, 0) is 13.0 Å². The van der Waals surface area contributed by atoms with Gasteiger partial charge in [-0.2, -0.15) is 5.11 Å². The molecule has 0 bridgehead atoms. The topological polar surface area (TPSA) is 68.8 Å². The largest absolute Gasteiger partial charge is 0.411 e. The van der Waals surface area contributed by atoms with Gasteiger partial charge in [0.25, 0.3) is 0 Å². The van der Waals surface area contributed by atoms with Crippen molar-refractivity contribution in [2.75, 3.05) is 0 Å². The highest BCUT2D eigenvalue weighted by atomic mass is 16.4. The molecule has 0 fully saturated rings. The third kappa shape index (κ3) is 1.47. The molecule has 0 radical (unpaired) electrons. The summed E-state index contributed by atoms with van der Waals surface area (Å²) in [7, 11) is 0. The van der Waals surface area contributed by atoms with Crippen molar-refractivity contribution in [1.29, 1.82) is 5.53 Å².